The Labute approximate surface area is 121 Å². The van der Waals surface area contributed by atoms with Gasteiger partial charge in [0.1, 0.15) is 0 Å². The molecule has 1 aliphatic heterocycles. The number of hydrogen-bond donors (Lipinski definition) is 0. The number of halogens is 1. The highest BCUT2D eigenvalue weighted by molar-refractivity contribution is 6.20. The van der Waals surface area contributed by atoms with Crippen LogP contribution in [-0.2, 0) is 17.6 Å². The van der Waals surface area contributed by atoms with E-state index in [0.29, 0.717) is 6.10 Å². The molecule has 2 atom stereocenters. The summed E-state index contributed by atoms with van der Waals surface area (Å²) in [5, 5.41) is 0.149. The van der Waals surface area contributed by atoms with E-state index >= 15 is 0 Å². The van der Waals surface area contributed by atoms with Gasteiger partial charge in [0.15, 0.2) is 0 Å². The maximum atomic E-state index is 6.57. The smallest absolute Gasteiger partial charge is 0.0586 e. The number of hydrogen-bond acceptors (Lipinski definition) is 1. The molecule has 0 spiro atoms. The molecule has 2 aliphatic rings. The average Bonchev–Trinajstić information content (AvgIpc) is 2.97. The van der Waals surface area contributed by atoms with Gasteiger partial charge in [-0.15, -0.1) is 11.6 Å². The first-order chi connectivity index (χ1) is 9.33. The minimum absolute atomic E-state index is 0.149. The molecular weight excluding hydrogens is 256 g/mol. The molecule has 1 aromatic carbocycles. The van der Waals surface area contributed by atoms with Crippen molar-refractivity contribution in [1.82, 2.24) is 0 Å². The molecule has 0 radical (unpaired) electrons. The third-order valence-electron chi connectivity index (χ3n) is 4.50. The highest BCUT2D eigenvalue weighted by Gasteiger charge is 2.18. The van der Waals surface area contributed by atoms with Gasteiger partial charge < -0.3 is 4.74 Å². The van der Waals surface area contributed by atoms with E-state index in [-0.39, 0.29) is 5.38 Å². The zero-order valence-corrected chi connectivity index (χ0v) is 12.3. The van der Waals surface area contributed by atoms with Crippen molar-refractivity contribution in [3.63, 3.8) is 0 Å². The van der Waals surface area contributed by atoms with Gasteiger partial charge in [0.05, 0.1) is 11.5 Å². The number of benzene rings is 1. The number of aryl methyl sites for hydroxylation is 2. The zero-order valence-electron chi connectivity index (χ0n) is 11.5. The first-order valence-electron chi connectivity index (χ1n) is 7.70. The van der Waals surface area contributed by atoms with Crippen LogP contribution in [0.25, 0.3) is 0 Å². The van der Waals surface area contributed by atoms with Gasteiger partial charge in [-0.25, -0.2) is 0 Å². The molecule has 0 bridgehead atoms. The van der Waals surface area contributed by atoms with Crippen LogP contribution in [0.3, 0.4) is 0 Å². The Morgan fingerprint density at radius 2 is 2.00 bits per heavy atom. The van der Waals surface area contributed by atoms with Crippen LogP contribution in [0.4, 0.5) is 0 Å². The molecule has 1 heterocycles. The van der Waals surface area contributed by atoms with Crippen molar-refractivity contribution in [1.29, 1.82) is 0 Å². The lowest BCUT2D eigenvalue weighted by atomic mass is 9.89. The standard InChI is InChI=1S/C17H23ClO/c18-17(10-9-16-6-3-11-19-16)15-8-7-13-4-1-2-5-14(13)12-15/h7-8,12,16-17H,1-6,9-11H2. The summed E-state index contributed by atoms with van der Waals surface area (Å²) in [5.41, 5.74) is 4.38. The fourth-order valence-electron chi connectivity index (χ4n) is 3.32. The van der Waals surface area contributed by atoms with Crippen LogP contribution in [0.1, 0.15) is 60.6 Å². The van der Waals surface area contributed by atoms with E-state index in [1.54, 1.807) is 0 Å². The second-order valence-electron chi connectivity index (χ2n) is 5.92. The fraction of sp³-hybridized carbons (Fsp3) is 0.647. The summed E-state index contributed by atoms with van der Waals surface area (Å²) in [4.78, 5) is 0. The van der Waals surface area contributed by atoms with Gasteiger partial charge in [0, 0.05) is 6.61 Å². The third kappa shape index (κ3) is 3.32. The SMILES string of the molecule is ClC(CCC1CCCO1)c1ccc2c(c1)CCCC2. The molecule has 0 N–H and O–H groups in total. The minimum Gasteiger partial charge on any atom is -0.378 e. The Balaban J connectivity index is 1.60. The largest absolute Gasteiger partial charge is 0.378 e. The summed E-state index contributed by atoms with van der Waals surface area (Å²) < 4.78 is 5.67. The van der Waals surface area contributed by atoms with E-state index < -0.39 is 0 Å². The molecule has 1 saturated heterocycles. The van der Waals surface area contributed by atoms with Crippen LogP contribution in [0.2, 0.25) is 0 Å². The zero-order chi connectivity index (χ0) is 13.1. The number of rotatable bonds is 4. The molecule has 0 amide bonds. The van der Waals surface area contributed by atoms with Crippen LogP contribution >= 0.6 is 11.6 Å². The number of ether oxygens (including phenoxy) is 1. The lowest BCUT2D eigenvalue weighted by molar-refractivity contribution is 0.102. The highest BCUT2D eigenvalue weighted by Crippen LogP contribution is 2.31. The predicted octanol–water partition coefficient (Wildman–Crippen LogP) is 4.80. The molecule has 19 heavy (non-hydrogen) atoms. The van der Waals surface area contributed by atoms with Gasteiger partial charge in [-0.1, -0.05) is 18.2 Å². The van der Waals surface area contributed by atoms with Crippen LogP contribution in [-0.4, -0.2) is 12.7 Å². The topological polar surface area (TPSA) is 9.23 Å². The van der Waals surface area contributed by atoms with E-state index in [1.165, 1.54) is 55.2 Å². The molecule has 104 valence electrons. The van der Waals surface area contributed by atoms with Crippen molar-refractivity contribution in [2.75, 3.05) is 6.61 Å². The second kappa shape index (κ2) is 6.28. The highest BCUT2D eigenvalue weighted by atomic mass is 35.5. The molecule has 2 unspecified atom stereocenters. The Morgan fingerprint density at radius 1 is 1.16 bits per heavy atom. The summed E-state index contributed by atoms with van der Waals surface area (Å²) in [6, 6.07) is 6.88. The summed E-state index contributed by atoms with van der Waals surface area (Å²) >= 11 is 6.57. The van der Waals surface area contributed by atoms with Crippen molar-refractivity contribution in [2.24, 2.45) is 0 Å². The van der Waals surface area contributed by atoms with E-state index in [2.05, 4.69) is 18.2 Å². The molecule has 1 aliphatic carbocycles. The number of alkyl halides is 1. The van der Waals surface area contributed by atoms with Crippen molar-refractivity contribution in [3.05, 3.63) is 34.9 Å². The Morgan fingerprint density at radius 3 is 2.79 bits per heavy atom. The Bertz CT molecular complexity index is 423. The van der Waals surface area contributed by atoms with Crippen molar-refractivity contribution < 1.29 is 4.74 Å². The van der Waals surface area contributed by atoms with E-state index in [9.17, 15) is 0 Å². The first kappa shape index (κ1) is 13.5. The predicted molar refractivity (Wildman–Crippen MR) is 79.9 cm³/mol. The van der Waals surface area contributed by atoms with Gasteiger partial charge in [0.25, 0.3) is 0 Å². The third-order valence-corrected chi connectivity index (χ3v) is 4.97. The first-order valence-corrected chi connectivity index (χ1v) is 8.14. The summed E-state index contributed by atoms with van der Waals surface area (Å²) in [6.07, 6.45) is 10.2. The van der Waals surface area contributed by atoms with Gasteiger partial charge >= 0.3 is 0 Å². The van der Waals surface area contributed by atoms with Crippen molar-refractivity contribution in [2.45, 2.75) is 62.8 Å². The summed E-state index contributed by atoms with van der Waals surface area (Å²) in [6.45, 7) is 0.941. The van der Waals surface area contributed by atoms with Gasteiger partial charge in [-0.3, -0.25) is 0 Å². The van der Waals surface area contributed by atoms with Crippen LogP contribution in [0.5, 0.6) is 0 Å². The van der Waals surface area contributed by atoms with Gasteiger partial charge in [-0.05, 0) is 68.1 Å². The number of fused-ring (bicyclic) bond motifs is 1. The van der Waals surface area contributed by atoms with Crippen LogP contribution < -0.4 is 0 Å². The van der Waals surface area contributed by atoms with Crippen molar-refractivity contribution >= 4 is 11.6 Å². The van der Waals surface area contributed by atoms with Gasteiger partial charge in [-0.2, -0.15) is 0 Å². The van der Waals surface area contributed by atoms with Gasteiger partial charge in [0.2, 0.25) is 0 Å². The summed E-state index contributed by atoms with van der Waals surface area (Å²) in [7, 11) is 0. The summed E-state index contributed by atoms with van der Waals surface area (Å²) in [5.74, 6) is 0. The maximum Gasteiger partial charge on any atom is 0.0586 e. The lowest BCUT2D eigenvalue weighted by Gasteiger charge is -2.19. The molecule has 1 fully saturated rings. The quantitative estimate of drug-likeness (QED) is 0.719. The molecule has 0 aromatic heterocycles. The molecule has 1 aromatic rings. The Hall–Kier alpha value is -0.530. The van der Waals surface area contributed by atoms with Crippen LogP contribution in [0.15, 0.2) is 18.2 Å². The normalized spacial score (nSPS) is 24.2. The Kier molecular flexibility index (Phi) is 4.45. The fourth-order valence-corrected chi connectivity index (χ4v) is 3.58. The van der Waals surface area contributed by atoms with Crippen molar-refractivity contribution in [3.8, 4) is 0 Å². The maximum absolute atomic E-state index is 6.57. The minimum atomic E-state index is 0.149. The molecule has 0 saturated carbocycles. The van der Waals surface area contributed by atoms with E-state index in [0.717, 1.165) is 19.4 Å². The molecule has 2 heteroatoms. The lowest BCUT2D eigenvalue weighted by Crippen LogP contribution is -2.07. The molecule has 3 rings (SSSR count). The van der Waals surface area contributed by atoms with E-state index in [1.807, 2.05) is 0 Å². The van der Waals surface area contributed by atoms with E-state index in [4.69, 9.17) is 16.3 Å². The van der Waals surface area contributed by atoms with Crippen LogP contribution in [0, 0.1) is 0 Å². The molecule has 1 nitrogen and oxygen atoms in total. The monoisotopic (exact) mass is 278 g/mol. The second-order valence-corrected chi connectivity index (χ2v) is 6.44. The molecular formula is C17H23ClO. The average molecular weight is 279 g/mol.